The lowest BCUT2D eigenvalue weighted by Crippen LogP contribution is -2.34. The van der Waals surface area contributed by atoms with E-state index in [-0.39, 0.29) is 25.0 Å². The predicted molar refractivity (Wildman–Crippen MR) is 92.1 cm³/mol. The number of rotatable bonds is 11. The molecule has 0 fully saturated rings. The summed E-state index contributed by atoms with van der Waals surface area (Å²) in [5, 5.41) is 0. The summed E-state index contributed by atoms with van der Waals surface area (Å²) >= 11 is 0. The van der Waals surface area contributed by atoms with Gasteiger partial charge in [-0.05, 0) is 18.9 Å². The molecule has 0 saturated carbocycles. The Hall–Kier alpha value is -1.53. The van der Waals surface area contributed by atoms with Crippen LogP contribution in [-0.4, -0.2) is 43.6 Å². The zero-order valence-electron chi connectivity index (χ0n) is 14.7. The number of methoxy groups -OCH3 is 1. The second-order valence-corrected chi connectivity index (χ2v) is 7.79. The number of carbonyl (C=O) groups excluding carboxylic acids is 2. The van der Waals surface area contributed by atoms with E-state index in [1.54, 1.807) is 0 Å². The van der Waals surface area contributed by atoms with Crippen LogP contribution in [0.1, 0.15) is 18.9 Å². The van der Waals surface area contributed by atoms with Gasteiger partial charge in [-0.15, -0.1) is 0 Å². The molecule has 0 amide bonds. The quantitative estimate of drug-likeness (QED) is 0.362. The molecular weight excluding hydrogens is 347 g/mol. The second kappa shape index (κ2) is 10.5. The van der Waals surface area contributed by atoms with Gasteiger partial charge >= 0.3 is 13.6 Å². The van der Waals surface area contributed by atoms with Crippen LogP contribution in [0.15, 0.2) is 30.3 Å². The fourth-order valence-corrected chi connectivity index (χ4v) is 3.33. The number of hydrogen-bond donors (Lipinski definition) is 1. The molecule has 0 radical (unpaired) electrons. The maximum absolute atomic E-state index is 12.0. The summed E-state index contributed by atoms with van der Waals surface area (Å²) in [6, 6.07) is 9.43. The molecule has 1 rings (SSSR count). The smallest absolute Gasteiger partial charge is 0.327 e. The molecule has 7 nitrogen and oxygen atoms in total. The van der Waals surface area contributed by atoms with Crippen molar-refractivity contribution in [3.05, 3.63) is 35.9 Å². The van der Waals surface area contributed by atoms with Gasteiger partial charge in [-0.2, -0.15) is 0 Å². The highest BCUT2D eigenvalue weighted by molar-refractivity contribution is 7.52. The number of Topliss-reactive ketones (excluding diaryl/α,β-unsaturated/α-hetero) is 1. The van der Waals surface area contributed by atoms with Gasteiger partial charge in [0.2, 0.25) is 0 Å². The van der Waals surface area contributed by atoms with Gasteiger partial charge in [-0.3, -0.25) is 14.2 Å². The van der Waals surface area contributed by atoms with Gasteiger partial charge in [-0.1, -0.05) is 30.3 Å². The van der Waals surface area contributed by atoms with Crippen molar-refractivity contribution in [1.82, 2.24) is 0 Å². The SMILES string of the molecule is COC(=O)C(C(C)=O)C(CCP(=O)(O)OC)COCc1ccccc1. The molecule has 3 unspecified atom stereocenters. The fourth-order valence-electron chi connectivity index (χ4n) is 2.49. The normalized spacial score (nSPS) is 15.8. The van der Waals surface area contributed by atoms with Crippen LogP contribution in [0.25, 0.3) is 0 Å². The maximum Gasteiger partial charge on any atom is 0.327 e. The molecule has 1 aromatic carbocycles. The van der Waals surface area contributed by atoms with Crippen LogP contribution in [0, 0.1) is 11.8 Å². The third-order valence-corrected chi connectivity index (χ3v) is 5.27. The van der Waals surface area contributed by atoms with Crippen LogP contribution in [0.4, 0.5) is 0 Å². The van der Waals surface area contributed by atoms with Crippen molar-refractivity contribution in [1.29, 1.82) is 0 Å². The fraction of sp³-hybridized carbons (Fsp3) is 0.529. The van der Waals surface area contributed by atoms with Gasteiger partial charge < -0.3 is 18.9 Å². The molecule has 0 aliphatic heterocycles. The van der Waals surface area contributed by atoms with Crippen molar-refractivity contribution < 1.29 is 33.0 Å². The minimum atomic E-state index is -3.75. The topological polar surface area (TPSA) is 99.1 Å². The van der Waals surface area contributed by atoms with E-state index in [9.17, 15) is 19.0 Å². The Balaban J connectivity index is 2.79. The van der Waals surface area contributed by atoms with Gasteiger partial charge in [0, 0.05) is 13.0 Å². The van der Waals surface area contributed by atoms with Gasteiger partial charge in [0.05, 0.1) is 26.5 Å². The number of carbonyl (C=O) groups is 2. The molecule has 0 aromatic heterocycles. The van der Waals surface area contributed by atoms with Crippen LogP contribution in [0.3, 0.4) is 0 Å². The maximum atomic E-state index is 12.0. The Morgan fingerprint density at radius 1 is 1.20 bits per heavy atom. The zero-order chi connectivity index (χ0) is 18.9. The number of benzene rings is 1. The van der Waals surface area contributed by atoms with E-state index in [0.717, 1.165) is 12.7 Å². The standard InChI is InChI=1S/C17H25O7P/c1-13(18)16(17(19)22-2)15(9-10-25(20,21)23-3)12-24-11-14-7-5-4-6-8-14/h4-8,15-16H,9-12H2,1-3H3,(H,20,21). The summed E-state index contributed by atoms with van der Waals surface area (Å²) < 4.78 is 26.6. The lowest BCUT2D eigenvalue weighted by Gasteiger charge is -2.24. The highest BCUT2D eigenvalue weighted by Crippen LogP contribution is 2.42. The van der Waals surface area contributed by atoms with E-state index in [2.05, 4.69) is 4.52 Å². The average molecular weight is 372 g/mol. The average Bonchev–Trinajstić information content (AvgIpc) is 2.59. The predicted octanol–water partition coefficient (Wildman–Crippen LogP) is 2.42. The van der Waals surface area contributed by atoms with E-state index >= 15 is 0 Å². The van der Waals surface area contributed by atoms with Crippen molar-refractivity contribution in [3.8, 4) is 0 Å². The molecule has 1 aromatic rings. The Morgan fingerprint density at radius 2 is 1.84 bits per heavy atom. The summed E-state index contributed by atoms with van der Waals surface area (Å²) in [5.41, 5.74) is 0.948. The minimum absolute atomic E-state index is 0.0813. The van der Waals surface area contributed by atoms with Gasteiger partial charge in [0.1, 0.15) is 11.7 Å². The molecule has 0 bridgehead atoms. The molecular formula is C17H25O7P. The van der Waals surface area contributed by atoms with Crippen molar-refractivity contribution in [2.45, 2.75) is 20.0 Å². The van der Waals surface area contributed by atoms with Gasteiger partial charge in [0.25, 0.3) is 0 Å². The van der Waals surface area contributed by atoms with Gasteiger partial charge in [-0.25, -0.2) is 0 Å². The summed E-state index contributed by atoms with van der Waals surface area (Å²) in [5.74, 6) is -2.67. The van der Waals surface area contributed by atoms with Crippen molar-refractivity contribution in [3.63, 3.8) is 0 Å². The summed E-state index contributed by atoms with van der Waals surface area (Å²) in [6.07, 6.45) is -0.0562. The van der Waals surface area contributed by atoms with Crippen LogP contribution < -0.4 is 0 Å². The molecule has 1 N–H and O–H groups in total. The van der Waals surface area contributed by atoms with Gasteiger partial charge in [0.15, 0.2) is 0 Å². The highest BCUT2D eigenvalue weighted by atomic mass is 31.2. The van der Waals surface area contributed by atoms with Crippen LogP contribution >= 0.6 is 7.60 Å². The third kappa shape index (κ3) is 7.48. The van der Waals surface area contributed by atoms with E-state index in [1.807, 2.05) is 30.3 Å². The molecule has 0 aliphatic carbocycles. The third-order valence-electron chi connectivity index (χ3n) is 3.88. The Kier molecular flexibility index (Phi) is 9.00. The summed E-state index contributed by atoms with van der Waals surface area (Å²) in [7, 11) is -1.40. The molecule has 0 aliphatic rings. The van der Waals surface area contributed by atoms with Crippen molar-refractivity contribution in [2.24, 2.45) is 11.8 Å². The molecule has 140 valence electrons. The van der Waals surface area contributed by atoms with Crippen LogP contribution in [0.5, 0.6) is 0 Å². The lowest BCUT2D eigenvalue weighted by molar-refractivity contribution is -0.152. The first-order valence-corrected chi connectivity index (χ1v) is 9.64. The van der Waals surface area contributed by atoms with Crippen LogP contribution in [0.2, 0.25) is 0 Å². The monoisotopic (exact) mass is 372 g/mol. The summed E-state index contributed by atoms with van der Waals surface area (Å²) in [6.45, 7) is 1.68. The molecule has 8 heteroatoms. The first-order valence-electron chi connectivity index (χ1n) is 7.88. The van der Waals surface area contributed by atoms with Crippen molar-refractivity contribution in [2.75, 3.05) is 27.0 Å². The Labute approximate surface area is 147 Å². The number of esters is 1. The Bertz CT molecular complexity index is 602. The van der Waals surface area contributed by atoms with E-state index in [0.29, 0.717) is 6.61 Å². The minimum Gasteiger partial charge on any atom is -0.468 e. The Morgan fingerprint density at radius 3 is 2.36 bits per heavy atom. The van der Waals surface area contributed by atoms with Crippen LogP contribution in [-0.2, 0) is 34.8 Å². The molecule has 0 heterocycles. The molecule has 0 saturated heterocycles. The molecule has 25 heavy (non-hydrogen) atoms. The van der Waals surface area contributed by atoms with E-state index in [4.69, 9.17) is 9.47 Å². The molecule has 3 atom stereocenters. The van der Waals surface area contributed by atoms with E-state index in [1.165, 1.54) is 14.0 Å². The largest absolute Gasteiger partial charge is 0.468 e. The van der Waals surface area contributed by atoms with E-state index < -0.39 is 25.4 Å². The number of hydrogen-bond acceptors (Lipinski definition) is 6. The zero-order valence-corrected chi connectivity index (χ0v) is 15.6. The van der Waals surface area contributed by atoms with Crippen molar-refractivity contribution >= 4 is 19.3 Å². The lowest BCUT2D eigenvalue weighted by atomic mass is 9.87. The first-order chi connectivity index (χ1) is 11.8. The first kappa shape index (κ1) is 21.5. The second-order valence-electron chi connectivity index (χ2n) is 5.70. The molecule has 0 spiro atoms. The highest BCUT2D eigenvalue weighted by Gasteiger charge is 2.35. The summed E-state index contributed by atoms with van der Waals surface area (Å²) in [4.78, 5) is 33.4. The number of ketones is 1. The number of ether oxygens (including phenoxy) is 2.